The number of carboxylic acids is 1. The van der Waals surface area contributed by atoms with Crippen LogP contribution in [-0.4, -0.2) is 35.2 Å². The number of benzene rings is 2. The third kappa shape index (κ3) is 4.42. The third-order valence-electron chi connectivity index (χ3n) is 4.92. The second kappa shape index (κ2) is 8.39. The van der Waals surface area contributed by atoms with Gasteiger partial charge in [0.15, 0.2) is 0 Å². The zero-order valence-corrected chi connectivity index (χ0v) is 17.2. The molecule has 0 unspecified atom stereocenters. The second-order valence-corrected chi connectivity index (χ2v) is 7.61. The molecular formula is C23H26N2O4. The first-order chi connectivity index (χ1) is 13.8. The molecular weight excluding hydrogens is 368 g/mol. The van der Waals surface area contributed by atoms with E-state index in [2.05, 4.69) is 19.2 Å². The number of methoxy groups -OCH3 is 1. The van der Waals surface area contributed by atoms with Crippen LogP contribution in [0.5, 0.6) is 5.75 Å². The predicted octanol–water partition coefficient (Wildman–Crippen LogP) is 3.86. The number of nitrogens with one attached hydrogen (secondary N) is 1. The molecule has 0 fully saturated rings. The topological polar surface area (TPSA) is 80.6 Å². The van der Waals surface area contributed by atoms with E-state index in [0.717, 1.165) is 22.0 Å². The van der Waals surface area contributed by atoms with Crippen LogP contribution in [0.25, 0.3) is 10.9 Å². The van der Waals surface area contributed by atoms with Gasteiger partial charge in [-0.2, -0.15) is 0 Å². The summed E-state index contributed by atoms with van der Waals surface area (Å²) in [5.74, 6) is -0.153. The van der Waals surface area contributed by atoms with Crippen molar-refractivity contribution in [2.75, 3.05) is 13.7 Å². The number of nitrogens with zero attached hydrogens (tertiary/aromatic N) is 1. The fourth-order valence-corrected chi connectivity index (χ4v) is 3.38. The number of aryl methyl sites for hydroxylation is 1. The number of hydrogen-bond acceptors (Lipinski definition) is 3. The zero-order valence-electron chi connectivity index (χ0n) is 17.2. The quantitative estimate of drug-likeness (QED) is 0.638. The summed E-state index contributed by atoms with van der Waals surface area (Å²) >= 11 is 0. The lowest BCUT2D eigenvalue weighted by Crippen LogP contribution is -2.27. The van der Waals surface area contributed by atoms with Crippen LogP contribution in [0.3, 0.4) is 0 Å². The van der Waals surface area contributed by atoms with E-state index < -0.39 is 5.97 Å². The molecule has 0 saturated carbocycles. The van der Waals surface area contributed by atoms with Crippen LogP contribution in [-0.2, 0) is 13.5 Å². The van der Waals surface area contributed by atoms with E-state index in [1.807, 2.05) is 36.0 Å². The molecule has 29 heavy (non-hydrogen) atoms. The summed E-state index contributed by atoms with van der Waals surface area (Å²) < 4.78 is 7.44. The van der Waals surface area contributed by atoms with Crippen LogP contribution in [0, 0.1) is 5.92 Å². The Hall–Kier alpha value is -3.28. The molecule has 1 heterocycles. The summed E-state index contributed by atoms with van der Waals surface area (Å²) in [4.78, 5) is 23.7. The molecule has 0 saturated heterocycles. The zero-order chi connectivity index (χ0) is 21.1. The Morgan fingerprint density at radius 3 is 2.48 bits per heavy atom. The van der Waals surface area contributed by atoms with E-state index in [1.54, 1.807) is 12.1 Å². The Balaban J connectivity index is 1.96. The van der Waals surface area contributed by atoms with Crippen LogP contribution < -0.4 is 10.1 Å². The standard InChI is InChI=1S/C23H26N2O4/c1-14(2)12-24-22(26)16-7-8-20-19(10-16)18(13-25(20)3)9-15-5-6-17(23(27)28)11-21(15)29-4/h5-8,10-11,13-14H,9,12H2,1-4H3,(H,24,26)(H,27,28). The van der Waals surface area contributed by atoms with Crippen molar-refractivity contribution < 1.29 is 19.4 Å². The molecule has 3 rings (SSSR count). The maximum atomic E-state index is 12.5. The number of ether oxygens (including phenoxy) is 1. The van der Waals surface area contributed by atoms with Crippen molar-refractivity contribution in [3.05, 3.63) is 64.8 Å². The molecule has 6 heteroatoms. The fourth-order valence-electron chi connectivity index (χ4n) is 3.38. The average Bonchev–Trinajstić information content (AvgIpc) is 3.01. The summed E-state index contributed by atoms with van der Waals surface area (Å²) in [7, 11) is 3.50. The number of aromatic nitrogens is 1. The van der Waals surface area contributed by atoms with E-state index >= 15 is 0 Å². The van der Waals surface area contributed by atoms with Gasteiger partial charge in [0.2, 0.25) is 0 Å². The maximum Gasteiger partial charge on any atom is 0.335 e. The third-order valence-corrected chi connectivity index (χ3v) is 4.92. The Kier molecular flexibility index (Phi) is 5.92. The van der Waals surface area contributed by atoms with Gasteiger partial charge in [-0.1, -0.05) is 19.9 Å². The lowest BCUT2D eigenvalue weighted by molar-refractivity contribution is 0.0696. The highest BCUT2D eigenvalue weighted by molar-refractivity contribution is 5.99. The number of carboxylic acid groups (broad SMARTS) is 1. The summed E-state index contributed by atoms with van der Waals surface area (Å²) in [5.41, 5.74) is 3.77. The average molecular weight is 394 g/mol. The number of carbonyl (C=O) groups is 2. The lowest BCUT2D eigenvalue weighted by atomic mass is 10.0. The van der Waals surface area contributed by atoms with Crippen molar-refractivity contribution in [3.63, 3.8) is 0 Å². The van der Waals surface area contributed by atoms with Crippen molar-refractivity contribution >= 4 is 22.8 Å². The molecule has 0 aliphatic heterocycles. The summed E-state index contributed by atoms with van der Waals surface area (Å²) in [6, 6.07) is 10.6. The van der Waals surface area contributed by atoms with Gasteiger partial charge in [-0.05, 0) is 47.4 Å². The summed E-state index contributed by atoms with van der Waals surface area (Å²) in [6.07, 6.45) is 2.60. The van der Waals surface area contributed by atoms with Crippen LogP contribution in [0.1, 0.15) is 45.7 Å². The Bertz CT molecular complexity index is 1070. The van der Waals surface area contributed by atoms with Gasteiger partial charge in [0, 0.05) is 42.7 Å². The van der Waals surface area contributed by atoms with Gasteiger partial charge in [0.25, 0.3) is 5.91 Å². The number of aromatic carboxylic acids is 1. The molecule has 0 bridgehead atoms. The molecule has 0 radical (unpaired) electrons. The monoisotopic (exact) mass is 394 g/mol. The molecule has 2 aromatic carbocycles. The van der Waals surface area contributed by atoms with Gasteiger partial charge in [0.1, 0.15) is 5.75 Å². The van der Waals surface area contributed by atoms with E-state index in [1.165, 1.54) is 13.2 Å². The highest BCUT2D eigenvalue weighted by atomic mass is 16.5. The van der Waals surface area contributed by atoms with Gasteiger partial charge < -0.3 is 19.7 Å². The molecule has 0 aliphatic rings. The normalized spacial score (nSPS) is 11.1. The first kappa shape index (κ1) is 20.5. The van der Waals surface area contributed by atoms with Gasteiger partial charge >= 0.3 is 5.97 Å². The molecule has 3 aromatic rings. The molecule has 1 aromatic heterocycles. The molecule has 0 atom stereocenters. The first-order valence-corrected chi connectivity index (χ1v) is 9.56. The van der Waals surface area contributed by atoms with Crippen LogP contribution in [0.2, 0.25) is 0 Å². The Labute approximate surface area is 170 Å². The lowest BCUT2D eigenvalue weighted by Gasteiger charge is -2.10. The predicted molar refractivity (Wildman–Crippen MR) is 113 cm³/mol. The molecule has 0 spiro atoms. The summed E-state index contributed by atoms with van der Waals surface area (Å²) in [6.45, 7) is 4.75. The summed E-state index contributed by atoms with van der Waals surface area (Å²) in [5, 5.41) is 13.1. The van der Waals surface area contributed by atoms with Crippen molar-refractivity contribution in [1.82, 2.24) is 9.88 Å². The number of amides is 1. The van der Waals surface area contributed by atoms with Crippen molar-refractivity contribution in [3.8, 4) is 5.75 Å². The fraction of sp³-hybridized carbons (Fsp3) is 0.304. The van der Waals surface area contributed by atoms with Gasteiger partial charge in [0.05, 0.1) is 12.7 Å². The SMILES string of the molecule is COc1cc(C(=O)O)ccc1Cc1cn(C)c2ccc(C(=O)NCC(C)C)cc12. The van der Waals surface area contributed by atoms with E-state index in [4.69, 9.17) is 4.74 Å². The second-order valence-electron chi connectivity index (χ2n) is 7.61. The Morgan fingerprint density at radius 2 is 1.83 bits per heavy atom. The van der Waals surface area contributed by atoms with Crippen LogP contribution in [0.15, 0.2) is 42.6 Å². The minimum absolute atomic E-state index is 0.0844. The largest absolute Gasteiger partial charge is 0.496 e. The molecule has 0 aliphatic carbocycles. The highest BCUT2D eigenvalue weighted by Crippen LogP contribution is 2.28. The molecule has 2 N–H and O–H groups in total. The number of rotatable bonds is 7. The van der Waals surface area contributed by atoms with Gasteiger partial charge in [-0.3, -0.25) is 4.79 Å². The highest BCUT2D eigenvalue weighted by Gasteiger charge is 2.15. The van der Waals surface area contributed by atoms with Gasteiger partial charge in [-0.15, -0.1) is 0 Å². The molecule has 1 amide bonds. The van der Waals surface area contributed by atoms with E-state index in [9.17, 15) is 14.7 Å². The minimum Gasteiger partial charge on any atom is -0.496 e. The van der Waals surface area contributed by atoms with Gasteiger partial charge in [-0.25, -0.2) is 4.79 Å². The molecule has 6 nitrogen and oxygen atoms in total. The smallest absolute Gasteiger partial charge is 0.335 e. The van der Waals surface area contributed by atoms with Crippen LogP contribution >= 0.6 is 0 Å². The van der Waals surface area contributed by atoms with Crippen molar-refractivity contribution in [1.29, 1.82) is 0 Å². The van der Waals surface area contributed by atoms with Crippen LogP contribution in [0.4, 0.5) is 0 Å². The van der Waals surface area contributed by atoms with Crippen molar-refractivity contribution in [2.24, 2.45) is 13.0 Å². The van der Waals surface area contributed by atoms with E-state index in [-0.39, 0.29) is 11.5 Å². The number of hydrogen-bond donors (Lipinski definition) is 2. The Morgan fingerprint density at radius 1 is 1.10 bits per heavy atom. The van der Waals surface area contributed by atoms with E-state index in [0.29, 0.717) is 30.2 Å². The first-order valence-electron chi connectivity index (χ1n) is 9.56. The number of carbonyl (C=O) groups excluding carboxylic acids is 1. The molecule has 152 valence electrons. The van der Waals surface area contributed by atoms with Crippen molar-refractivity contribution in [2.45, 2.75) is 20.3 Å². The maximum absolute atomic E-state index is 12.5. The number of fused-ring (bicyclic) bond motifs is 1. The minimum atomic E-state index is -0.989.